The summed E-state index contributed by atoms with van der Waals surface area (Å²) >= 11 is 5.26. The molecule has 2 heterocycles. The lowest BCUT2D eigenvalue weighted by Crippen LogP contribution is -2.52. The van der Waals surface area contributed by atoms with Crippen molar-refractivity contribution in [3.8, 4) is 17.1 Å². The average Bonchev–Trinajstić information content (AvgIpc) is 3.23. The van der Waals surface area contributed by atoms with Gasteiger partial charge in [0.05, 0.1) is 7.11 Å². The van der Waals surface area contributed by atoms with Crippen molar-refractivity contribution in [2.24, 2.45) is 5.92 Å². The number of nitrogens with zero attached hydrogens (tertiary/aromatic N) is 3. The minimum absolute atomic E-state index is 0.211. The third-order valence-electron chi connectivity index (χ3n) is 5.93. The lowest BCUT2D eigenvalue weighted by atomic mass is 9.77. The summed E-state index contributed by atoms with van der Waals surface area (Å²) in [6, 6.07) is 6.52. The Balaban J connectivity index is 1.48. The van der Waals surface area contributed by atoms with Crippen LogP contribution in [-0.4, -0.2) is 50.3 Å². The largest absolute Gasteiger partial charge is 0.497 e. The maximum absolute atomic E-state index is 12.9. The number of aromatic nitrogens is 3. The number of benzene rings is 1. The van der Waals surface area contributed by atoms with E-state index in [-0.39, 0.29) is 11.3 Å². The van der Waals surface area contributed by atoms with E-state index in [1.165, 1.54) is 4.57 Å². The van der Waals surface area contributed by atoms with E-state index in [2.05, 4.69) is 27.9 Å². The Kier molecular flexibility index (Phi) is 5.52. The molecular formula is C20H24N6O4S. The second-order valence-electron chi connectivity index (χ2n) is 8.04. The first kappa shape index (κ1) is 21.0. The highest BCUT2D eigenvalue weighted by atomic mass is 32.1. The molecular weight excluding hydrogens is 420 g/mol. The number of H-pyrrole nitrogens is 1. The summed E-state index contributed by atoms with van der Waals surface area (Å²) in [6.07, 6.45) is 2.84. The van der Waals surface area contributed by atoms with E-state index < -0.39 is 23.4 Å². The molecule has 2 fully saturated rings. The molecule has 1 aliphatic carbocycles. The molecule has 0 bridgehead atoms. The lowest BCUT2D eigenvalue weighted by Gasteiger charge is -2.33. The predicted molar refractivity (Wildman–Crippen MR) is 113 cm³/mol. The van der Waals surface area contributed by atoms with Gasteiger partial charge in [-0.2, -0.15) is 10.1 Å². The van der Waals surface area contributed by atoms with E-state index in [0.29, 0.717) is 30.3 Å². The first-order valence-corrected chi connectivity index (χ1v) is 10.5. The van der Waals surface area contributed by atoms with Gasteiger partial charge in [-0.15, -0.1) is 0 Å². The Morgan fingerprint density at radius 2 is 1.97 bits per heavy atom. The van der Waals surface area contributed by atoms with Crippen molar-refractivity contribution >= 4 is 30.1 Å². The fourth-order valence-electron chi connectivity index (χ4n) is 4.04. The number of hydrogen-bond donors (Lipinski definition) is 3. The summed E-state index contributed by atoms with van der Waals surface area (Å²) in [4.78, 5) is 38.0. The average molecular weight is 445 g/mol. The predicted octanol–water partition coefficient (Wildman–Crippen LogP) is 2.15. The smallest absolute Gasteiger partial charge is 0.344 e. The molecule has 4 amide bonds. The third-order valence-corrected chi connectivity index (χ3v) is 6.25. The van der Waals surface area contributed by atoms with Crippen LogP contribution in [0.5, 0.6) is 5.75 Å². The second kappa shape index (κ2) is 8.14. The number of nitrogens with one attached hydrogen (secondary N) is 3. The van der Waals surface area contributed by atoms with Crippen molar-refractivity contribution in [2.45, 2.75) is 44.7 Å². The number of hydrazine groups is 1. The number of amides is 4. The Bertz CT molecular complexity index is 1070. The van der Waals surface area contributed by atoms with Gasteiger partial charge in [0.15, 0.2) is 10.6 Å². The van der Waals surface area contributed by atoms with Crippen molar-refractivity contribution < 1.29 is 19.1 Å². The monoisotopic (exact) mass is 444 g/mol. The zero-order valence-corrected chi connectivity index (χ0v) is 18.1. The van der Waals surface area contributed by atoms with Crippen LogP contribution in [0.4, 0.5) is 4.79 Å². The molecule has 31 heavy (non-hydrogen) atoms. The van der Waals surface area contributed by atoms with Crippen molar-refractivity contribution in [3.63, 3.8) is 0 Å². The Morgan fingerprint density at radius 1 is 1.29 bits per heavy atom. The van der Waals surface area contributed by atoms with Gasteiger partial charge in [-0.05, 0) is 68.1 Å². The number of ether oxygens (including phenoxy) is 1. The highest BCUT2D eigenvalue weighted by molar-refractivity contribution is 7.71. The molecule has 1 aromatic carbocycles. The summed E-state index contributed by atoms with van der Waals surface area (Å²) in [5.41, 5.74) is 2.24. The number of carbonyl (C=O) groups excluding carboxylic acids is 3. The van der Waals surface area contributed by atoms with Crippen LogP contribution in [0.15, 0.2) is 24.3 Å². The molecule has 1 aliphatic heterocycles. The van der Waals surface area contributed by atoms with Crippen LogP contribution in [0.1, 0.15) is 32.6 Å². The first-order valence-electron chi connectivity index (χ1n) is 10.1. The second-order valence-corrected chi connectivity index (χ2v) is 8.42. The van der Waals surface area contributed by atoms with Gasteiger partial charge in [-0.3, -0.25) is 24.7 Å². The number of methoxy groups -OCH3 is 1. The van der Waals surface area contributed by atoms with Crippen LogP contribution in [0.25, 0.3) is 11.4 Å². The Hall–Kier alpha value is -3.21. The van der Waals surface area contributed by atoms with Crippen molar-refractivity contribution in [2.75, 3.05) is 7.11 Å². The summed E-state index contributed by atoms with van der Waals surface area (Å²) in [5, 5.41) is 10.4. The number of urea groups is 1. The maximum atomic E-state index is 12.9. The van der Waals surface area contributed by atoms with Crippen LogP contribution >= 0.6 is 12.2 Å². The molecule has 0 unspecified atom stereocenters. The Labute approximate surface area is 183 Å². The summed E-state index contributed by atoms with van der Waals surface area (Å²) in [7, 11) is 1.57. The van der Waals surface area contributed by atoms with Gasteiger partial charge in [0.1, 0.15) is 17.8 Å². The highest BCUT2D eigenvalue weighted by Crippen LogP contribution is 2.35. The highest BCUT2D eigenvalue weighted by Gasteiger charge is 2.52. The quantitative estimate of drug-likeness (QED) is 0.480. The molecule has 1 saturated carbocycles. The van der Waals surface area contributed by atoms with Crippen LogP contribution in [-0.2, 0) is 16.1 Å². The molecule has 164 valence electrons. The number of hydrogen-bond acceptors (Lipinski definition) is 6. The van der Waals surface area contributed by atoms with E-state index in [9.17, 15) is 14.4 Å². The first-order chi connectivity index (χ1) is 14.8. The van der Waals surface area contributed by atoms with E-state index in [0.717, 1.165) is 23.4 Å². The van der Waals surface area contributed by atoms with E-state index in [1.807, 2.05) is 0 Å². The third kappa shape index (κ3) is 3.92. The van der Waals surface area contributed by atoms with Gasteiger partial charge in [0.2, 0.25) is 0 Å². The van der Waals surface area contributed by atoms with Crippen LogP contribution in [0.2, 0.25) is 0 Å². The number of imide groups is 1. The van der Waals surface area contributed by atoms with E-state index in [1.54, 1.807) is 31.4 Å². The van der Waals surface area contributed by atoms with Gasteiger partial charge >= 0.3 is 6.03 Å². The topological polar surface area (TPSA) is 121 Å². The van der Waals surface area contributed by atoms with Crippen LogP contribution in [0.3, 0.4) is 0 Å². The van der Waals surface area contributed by atoms with Crippen molar-refractivity contribution in [1.82, 2.24) is 30.5 Å². The molecule has 0 radical (unpaired) electrons. The lowest BCUT2D eigenvalue weighted by molar-refractivity contribution is -0.140. The molecule has 11 heteroatoms. The zero-order chi connectivity index (χ0) is 22.2. The summed E-state index contributed by atoms with van der Waals surface area (Å²) in [5.74, 6) is 0.684. The van der Waals surface area contributed by atoms with Gasteiger partial charge < -0.3 is 10.1 Å². The van der Waals surface area contributed by atoms with Crippen molar-refractivity contribution in [3.05, 3.63) is 29.0 Å². The molecule has 1 aromatic heterocycles. The minimum Gasteiger partial charge on any atom is -0.497 e. The van der Waals surface area contributed by atoms with Gasteiger partial charge in [-0.25, -0.2) is 4.79 Å². The van der Waals surface area contributed by atoms with Crippen LogP contribution < -0.4 is 15.5 Å². The molecule has 0 atom stereocenters. The zero-order valence-electron chi connectivity index (χ0n) is 17.3. The summed E-state index contributed by atoms with van der Waals surface area (Å²) < 4.78 is 6.91. The Morgan fingerprint density at radius 3 is 2.61 bits per heavy atom. The van der Waals surface area contributed by atoms with Gasteiger partial charge in [0, 0.05) is 5.56 Å². The molecule has 2 aliphatic rings. The fourth-order valence-corrected chi connectivity index (χ4v) is 4.24. The number of rotatable bonds is 5. The molecule has 3 N–H and O–H groups in total. The molecule has 1 saturated heterocycles. The van der Waals surface area contributed by atoms with Crippen molar-refractivity contribution in [1.29, 1.82) is 0 Å². The van der Waals surface area contributed by atoms with E-state index in [4.69, 9.17) is 17.0 Å². The number of carbonyl (C=O) groups is 3. The van der Waals surface area contributed by atoms with Gasteiger partial charge in [-0.1, -0.05) is 6.92 Å². The van der Waals surface area contributed by atoms with E-state index >= 15 is 0 Å². The van der Waals surface area contributed by atoms with Gasteiger partial charge in [0.25, 0.3) is 11.8 Å². The SMILES string of the molecule is COc1ccc(-c2n[nH]c(=S)n2CC(=O)NN2C(=O)NC3(CCC(C)CC3)C2=O)cc1. The summed E-state index contributed by atoms with van der Waals surface area (Å²) in [6.45, 7) is 1.92. The minimum atomic E-state index is -0.920. The molecule has 10 nitrogen and oxygen atoms in total. The fraction of sp³-hybridized carbons (Fsp3) is 0.450. The molecule has 1 spiro atoms. The van der Waals surface area contributed by atoms with Crippen LogP contribution in [0, 0.1) is 10.7 Å². The molecule has 4 rings (SSSR count). The maximum Gasteiger partial charge on any atom is 0.344 e. The normalized spacial score (nSPS) is 23.2. The molecule has 2 aromatic rings. The standard InChI is InChI=1S/C20H24N6O4S/c1-12-7-9-20(10-8-12)17(28)26(18(29)21-20)24-15(27)11-25-16(22-23-19(25)31)13-3-5-14(30-2)6-4-13/h3-6,12H,7-11H2,1-2H3,(H,21,29)(H,23,31)(H,24,27). The number of aromatic amines is 1.